The molecule has 0 fully saturated rings. The zero-order valence-electron chi connectivity index (χ0n) is 17.5. The van der Waals surface area contributed by atoms with Crippen LogP contribution in [0, 0.1) is 17.3 Å². The van der Waals surface area contributed by atoms with Gasteiger partial charge in [-0.25, -0.2) is 0 Å². The maximum atomic E-state index is 11.4. The van der Waals surface area contributed by atoms with Crippen molar-refractivity contribution in [2.45, 2.75) is 53.2 Å². The summed E-state index contributed by atoms with van der Waals surface area (Å²) in [7, 11) is 0. The molecule has 0 bridgehead atoms. The highest BCUT2D eigenvalue weighted by Gasteiger charge is 2.34. The molecule has 0 saturated heterocycles. The number of rotatable bonds is 10. The predicted octanol–water partition coefficient (Wildman–Crippen LogP) is 3.75. The molecular formula is C24H33NO3. The van der Waals surface area contributed by atoms with Crippen LogP contribution in [0.5, 0.6) is 0 Å². The Morgan fingerprint density at radius 3 is 2.39 bits per heavy atom. The molecule has 4 heteroatoms. The van der Waals surface area contributed by atoms with Crippen LogP contribution >= 0.6 is 0 Å². The number of aliphatic hydroxyl groups is 2. The lowest BCUT2D eigenvalue weighted by Gasteiger charge is -2.27. The minimum atomic E-state index is -1.02. The molecular weight excluding hydrogens is 350 g/mol. The molecule has 0 aromatic carbocycles. The van der Waals surface area contributed by atoms with Crippen molar-refractivity contribution in [2.75, 3.05) is 0 Å². The highest BCUT2D eigenvalue weighted by molar-refractivity contribution is 5.81. The van der Waals surface area contributed by atoms with Crippen LogP contribution in [0.1, 0.15) is 41.0 Å². The van der Waals surface area contributed by atoms with Gasteiger partial charge in [0.25, 0.3) is 0 Å². The first-order valence-electron chi connectivity index (χ1n) is 9.22. The Bertz CT molecular complexity index is 738. The fraction of sp³-hybridized carbons (Fsp3) is 0.375. The van der Waals surface area contributed by atoms with Gasteiger partial charge in [0.1, 0.15) is 0 Å². The van der Waals surface area contributed by atoms with Crippen LogP contribution < -0.4 is 5.73 Å². The van der Waals surface area contributed by atoms with Crippen molar-refractivity contribution in [3.8, 4) is 11.8 Å². The van der Waals surface area contributed by atoms with E-state index in [4.69, 9.17) is 5.73 Å². The third kappa shape index (κ3) is 10.5. The molecule has 2 atom stereocenters. The van der Waals surface area contributed by atoms with E-state index >= 15 is 0 Å². The second-order valence-electron chi connectivity index (χ2n) is 7.04. The van der Waals surface area contributed by atoms with Crippen molar-refractivity contribution in [3.63, 3.8) is 0 Å². The van der Waals surface area contributed by atoms with E-state index in [-0.39, 0.29) is 0 Å². The highest BCUT2D eigenvalue weighted by Crippen LogP contribution is 2.25. The lowest BCUT2D eigenvalue weighted by molar-refractivity contribution is -0.130. The van der Waals surface area contributed by atoms with E-state index < -0.39 is 23.5 Å². The first-order valence-corrected chi connectivity index (χ1v) is 9.22. The zero-order valence-corrected chi connectivity index (χ0v) is 17.5. The second kappa shape index (κ2) is 13.5. The Balaban J connectivity index is 4.64. The minimum Gasteiger partial charge on any atom is -0.389 e. The number of primary amides is 1. The molecule has 4 nitrogen and oxygen atoms in total. The Kier molecular flexibility index (Phi) is 12.3. The molecule has 0 aromatic heterocycles. The summed E-state index contributed by atoms with van der Waals surface area (Å²) in [4.78, 5) is 11.4. The average Bonchev–Trinajstić information content (AvgIpc) is 2.63. The molecule has 0 spiro atoms. The lowest BCUT2D eigenvalue weighted by Crippen LogP contribution is -2.42. The summed E-state index contributed by atoms with van der Waals surface area (Å²) in [5.41, 5.74) is 5.89. The van der Waals surface area contributed by atoms with E-state index in [1.165, 1.54) is 0 Å². The van der Waals surface area contributed by atoms with Crippen LogP contribution in [-0.4, -0.2) is 28.3 Å². The largest absolute Gasteiger partial charge is 0.389 e. The molecule has 0 radical (unpaired) electrons. The van der Waals surface area contributed by atoms with Gasteiger partial charge < -0.3 is 15.9 Å². The summed E-state index contributed by atoms with van der Waals surface area (Å²) < 4.78 is 0. The van der Waals surface area contributed by atoms with Crippen molar-refractivity contribution in [1.29, 1.82) is 0 Å². The number of carbonyl (C=O) groups is 1. The maximum Gasteiger partial charge on any atom is 0.226 e. The van der Waals surface area contributed by atoms with Crippen molar-refractivity contribution in [2.24, 2.45) is 11.1 Å². The summed E-state index contributed by atoms with van der Waals surface area (Å²) in [5, 5.41) is 20.2. The Hall–Kier alpha value is -2.61. The first-order chi connectivity index (χ1) is 13.1. The van der Waals surface area contributed by atoms with E-state index in [1.54, 1.807) is 52.0 Å². The summed E-state index contributed by atoms with van der Waals surface area (Å²) in [6.07, 6.45) is 17.2. The van der Waals surface area contributed by atoms with Gasteiger partial charge >= 0.3 is 0 Å². The number of nitrogens with two attached hydrogens (primary N) is 1. The van der Waals surface area contributed by atoms with Gasteiger partial charge in [0, 0.05) is 0 Å². The normalized spacial score (nSPS) is 16.1. The third-order valence-corrected chi connectivity index (χ3v) is 4.09. The number of allylic oxidation sites excluding steroid dienone is 9. The molecule has 0 aliphatic rings. The van der Waals surface area contributed by atoms with Crippen LogP contribution in [0.25, 0.3) is 0 Å². The fourth-order valence-electron chi connectivity index (χ4n) is 2.18. The van der Waals surface area contributed by atoms with Gasteiger partial charge in [0.2, 0.25) is 5.91 Å². The summed E-state index contributed by atoms with van der Waals surface area (Å²) in [5.74, 6) is 5.04. The number of carbonyl (C=O) groups excluding carboxylic acids is 1. The van der Waals surface area contributed by atoms with Crippen molar-refractivity contribution < 1.29 is 15.0 Å². The van der Waals surface area contributed by atoms with Crippen LogP contribution in [0.2, 0.25) is 0 Å². The van der Waals surface area contributed by atoms with Gasteiger partial charge in [0.05, 0.1) is 17.6 Å². The van der Waals surface area contributed by atoms with E-state index in [0.717, 1.165) is 5.57 Å². The zero-order chi connectivity index (χ0) is 21.6. The standard InChI is InChI=1S/C24H33NO3/c1-6-7-8-9-10-14-17-21(26)18-19(2)15-12-11-13-16-20(3)22(27)24(4,5)23(25)28/h8-16,18,21-22,26-27H,17H2,1-5H3,(H2,25,28)/b9-8-,13-11-,14-10+,15-12+,19-18+,20-16-/t21?,22-/m1/s1. The minimum absolute atomic E-state index is 0.528. The number of hydrogen-bond acceptors (Lipinski definition) is 3. The van der Waals surface area contributed by atoms with E-state index in [9.17, 15) is 15.0 Å². The number of aliphatic hydroxyl groups excluding tert-OH is 2. The highest BCUT2D eigenvalue weighted by atomic mass is 16.3. The molecule has 1 unspecified atom stereocenters. The molecule has 0 aliphatic heterocycles. The van der Waals surface area contributed by atoms with E-state index in [0.29, 0.717) is 12.0 Å². The number of hydrogen-bond donors (Lipinski definition) is 3. The van der Waals surface area contributed by atoms with Gasteiger partial charge in [-0.3, -0.25) is 4.79 Å². The average molecular weight is 384 g/mol. The smallest absolute Gasteiger partial charge is 0.226 e. The van der Waals surface area contributed by atoms with Crippen LogP contribution in [0.15, 0.2) is 71.9 Å². The Morgan fingerprint density at radius 1 is 1.11 bits per heavy atom. The predicted molar refractivity (Wildman–Crippen MR) is 117 cm³/mol. The Morgan fingerprint density at radius 2 is 1.79 bits per heavy atom. The molecule has 152 valence electrons. The van der Waals surface area contributed by atoms with Crippen LogP contribution in [0.4, 0.5) is 0 Å². The SMILES string of the molecule is CC#C/C=C\C=C\CC(O)/C=C(C)/C=C/C=C\C=C(\C)[C@@H](O)C(C)(C)C(N)=O. The van der Waals surface area contributed by atoms with Crippen molar-refractivity contribution >= 4 is 5.91 Å². The van der Waals surface area contributed by atoms with Crippen molar-refractivity contribution in [3.05, 3.63) is 71.9 Å². The molecule has 0 saturated carbocycles. The number of amides is 1. The third-order valence-electron chi connectivity index (χ3n) is 4.09. The van der Waals surface area contributed by atoms with Crippen molar-refractivity contribution in [1.82, 2.24) is 0 Å². The topological polar surface area (TPSA) is 83.6 Å². The quantitative estimate of drug-likeness (QED) is 0.397. The molecule has 1 amide bonds. The molecule has 0 aliphatic carbocycles. The van der Waals surface area contributed by atoms with Gasteiger partial charge in [-0.05, 0) is 52.7 Å². The van der Waals surface area contributed by atoms with Gasteiger partial charge in [-0.15, -0.1) is 5.92 Å². The van der Waals surface area contributed by atoms with E-state index in [2.05, 4.69) is 11.8 Å². The molecule has 0 rings (SSSR count). The Labute approximate surface area is 169 Å². The fourth-order valence-corrected chi connectivity index (χ4v) is 2.18. The molecule has 0 aromatic rings. The summed E-state index contributed by atoms with van der Waals surface area (Å²) in [6.45, 7) is 8.67. The molecule has 0 heterocycles. The van der Waals surface area contributed by atoms with Gasteiger partial charge in [0.15, 0.2) is 0 Å². The lowest BCUT2D eigenvalue weighted by atomic mass is 9.82. The van der Waals surface area contributed by atoms with Gasteiger partial charge in [-0.1, -0.05) is 66.2 Å². The maximum absolute atomic E-state index is 11.4. The second-order valence-corrected chi connectivity index (χ2v) is 7.04. The monoisotopic (exact) mass is 383 g/mol. The first kappa shape index (κ1) is 25.4. The van der Waals surface area contributed by atoms with E-state index in [1.807, 2.05) is 43.4 Å². The molecule has 4 N–H and O–H groups in total. The summed E-state index contributed by atoms with van der Waals surface area (Å²) in [6, 6.07) is 0. The van der Waals surface area contributed by atoms with Crippen LogP contribution in [-0.2, 0) is 4.79 Å². The molecule has 28 heavy (non-hydrogen) atoms. The van der Waals surface area contributed by atoms with Crippen LogP contribution in [0.3, 0.4) is 0 Å². The van der Waals surface area contributed by atoms with Gasteiger partial charge in [-0.2, -0.15) is 0 Å². The summed E-state index contributed by atoms with van der Waals surface area (Å²) >= 11 is 0.